The van der Waals surface area contributed by atoms with Crippen molar-refractivity contribution in [1.82, 2.24) is 9.55 Å². The first kappa shape index (κ1) is 13.2. The number of nitriles is 1. The number of rotatable bonds is 4. The molecule has 0 radical (unpaired) electrons. The smallest absolute Gasteiger partial charge is 0.127 e. The van der Waals surface area contributed by atoms with E-state index >= 15 is 0 Å². The van der Waals surface area contributed by atoms with Crippen LogP contribution in [0.25, 0.3) is 11.0 Å². The molecule has 1 unspecified atom stereocenters. The second kappa shape index (κ2) is 4.48. The largest absolute Gasteiger partial charge is 0.326 e. The average Bonchev–Trinajstić information content (AvgIpc) is 3.36. The summed E-state index contributed by atoms with van der Waals surface area (Å²) in [5.41, 5.74) is 3.18. The van der Waals surface area contributed by atoms with Gasteiger partial charge in [-0.2, -0.15) is 5.26 Å². The van der Waals surface area contributed by atoms with Crippen molar-refractivity contribution in [1.29, 1.82) is 5.26 Å². The van der Waals surface area contributed by atoms with E-state index in [-0.39, 0.29) is 5.38 Å². The molecule has 2 aliphatic rings. The molecule has 2 saturated carbocycles. The second-order valence-corrected chi connectivity index (χ2v) is 7.28. The van der Waals surface area contributed by atoms with Crippen LogP contribution in [0.15, 0.2) is 18.2 Å². The molecule has 2 aliphatic carbocycles. The molecule has 3 nitrogen and oxygen atoms in total. The van der Waals surface area contributed by atoms with Gasteiger partial charge in [0.15, 0.2) is 0 Å². The van der Waals surface area contributed by atoms with Crippen molar-refractivity contribution < 1.29 is 0 Å². The number of imidazole rings is 1. The van der Waals surface area contributed by atoms with Gasteiger partial charge in [-0.3, -0.25) is 0 Å². The fourth-order valence-corrected chi connectivity index (χ4v) is 3.71. The van der Waals surface area contributed by atoms with Crippen molar-refractivity contribution >= 4 is 22.6 Å². The Hall–Kier alpha value is -1.53. The van der Waals surface area contributed by atoms with Gasteiger partial charge < -0.3 is 4.57 Å². The maximum atomic E-state index is 9.14. The molecule has 4 rings (SSSR count). The molecule has 2 aromatic rings. The maximum Gasteiger partial charge on any atom is 0.127 e. The lowest BCUT2D eigenvalue weighted by molar-refractivity contribution is 0.369. The molecule has 21 heavy (non-hydrogen) atoms. The van der Waals surface area contributed by atoms with E-state index in [1.165, 1.54) is 25.7 Å². The van der Waals surface area contributed by atoms with E-state index in [9.17, 15) is 0 Å². The average molecular weight is 300 g/mol. The zero-order valence-corrected chi connectivity index (χ0v) is 12.9. The molecule has 2 fully saturated rings. The van der Waals surface area contributed by atoms with Crippen LogP contribution in [0.2, 0.25) is 0 Å². The highest BCUT2D eigenvalue weighted by molar-refractivity contribution is 6.20. The van der Waals surface area contributed by atoms with Gasteiger partial charge >= 0.3 is 0 Å². The lowest BCUT2D eigenvalue weighted by Crippen LogP contribution is -2.16. The Bertz CT molecular complexity index is 745. The number of fused-ring (bicyclic) bond motifs is 1. The Balaban J connectivity index is 1.83. The van der Waals surface area contributed by atoms with Crippen LogP contribution < -0.4 is 0 Å². The first-order valence-corrected chi connectivity index (χ1v) is 8.11. The van der Waals surface area contributed by atoms with E-state index in [2.05, 4.69) is 10.6 Å². The highest BCUT2D eigenvalue weighted by Crippen LogP contribution is 2.62. The molecule has 1 heterocycles. The summed E-state index contributed by atoms with van der Waals surface area (Å²) in [6, 6.07) is 7.94. The molecule has 0 amide bonds. The highest BCUT2D eigenvalue weighted by Gasteiger charge is 2.54. The third-order valence-electron chi connectivity index (χ3n) is 5.07. The summed E-state index contributed by atoms with van der Waals surface area (Å²) in [6.07, 6.45) is 5.40. The molecule has 1 aromatic carbocycles. The molecular weight excluding hydrogens is 282 g/mol. The monoisotopic (exact) mass is 299 g/mol. The van der Waals surface area contributed by atoms with E-state index in [1.54, 1.807) is 0 Å². The fraction of sp³-hybridized carbons (Fsp3) is 0.529. The Labute approximate surface area is 129 Å². The van der Waals surface area contributed by atoms with Crippen molar-refractivity contribution in [3.8, 4) is 6.07 Å². The Morgan fingerprint density at radius 3 is 2.81 bits per heavy atom. The number of hydrogen-bond acceptors (Lipinski definition) is 2. The minimum absolute atomic E-state index is 0.113. The van der Waals surface area contributed by atoms with Crippen LogP contribution >= 0.6 is 11.6 Å². The Morgan fingerprint density at radius 2 is 2.24 bits per heavy atom. The van der Waals surface area contributed by atoms with Crippen LogP contribution in [-0.4, -0.2) is 9.55 Å². The summed E-state index contributed by atoms with van der Waals surface area (Å²) in [7, 11) is 0. The Kier molecular flexibility index (Phi) is 2.81. The van der Waals surface area contributed by atoms with Crippen molar-refractivity contribution in [2.45, 2.75) is 44.5 Å². The minimum atomic E-state index is -0.113. The van der Waals surface area contributed by atoms with Crippen LogP contribution in [0.3, 0.4) is 0 Å². The topological polar surface area (TPSA) is 41.6 Å². The molecule has 0 aliphatic heterocycles. The molecule has 0 N–H and O–H groups in total. The number of aromatic nitrogens is 2. The summed E-state index contributed by atoms with van der Waals surface area (Å²) in [4.78, 5) is 4.70. The first-order valence-electron chi connectivity index (χ1n) is 7.67. The number of benzene rings is 1. The predicted octanol–water partition coefficient (Wildman–Crippen LogP) is 4.40. The maximum absolute atomic E-state index is 9.14. The fourth-order valence-electron chi connectivity index (χ4n) is 3.55. The van der Waals surface area contributed by atoms with Crippen molar-refractivity contribution in [2.24, 2.45) is 11.3 Å². The zero-order valence-electron chi connectivity index (χ0n) is 12.1. The molecule has 1 atom stereocenters. The van der Waals surface area contributed by atoms with Gasteiger partial charge in [0, 0.05) is 6.54 Å². The second-order valence-electron chi connectivity index (χ2n) is 6.62. The predicted molar refractivity (Wildman–Crippen MR) is 83.1 cm³/mol. The number of hydrogen-bond donors (Lipinski definition) is 0. The molecular formula is C17H18ClN3. The van der Waals surface area contributed by atoms with Crippen molar-refractivity contribution in [2.75, 3.05) is 0 Å². The van der Waals surface area contributed by atoms with Gasteiger partial charge in [0.05, 0.1) is 28.0 Å². The van der Waals surface area contributed by atoms with E-state index < -0.39 is 0 Å². The number of nitrogens with zero attached hydrogens (tertiary/aromatic N) is 3. The van der Waals surface area contributed by atoms with Crippen LogP contribution in [0, 0.1) is 22.7 Å². The molecule has 0 bridgehead atoms. The zero-order chi connectivity index (χ0) is 14.6. The van der Waals surface area contributed by atoms with E-state index in [1.807, 2.05) is 25.1 Å². The lowest BCUT2D eigenvalue weighted by atomic mass is 10.0. The van der Waals surface area contributed by atoms with Gasteiger partial charge in [0.2, 0.25) is 0 Å². The standard InChI is InChI=1S/C17H18ClN3/c1-11(18)16-20-14-5-2-12(9-19)8-15(14)21(16)10-17(6-7-17)13-3-4-13/h2,5,8,11,13H,3-4,6-7,10H2,1H3. The highest BCUT2D eigenvalue weighted by atomic mass is 35.5. The SMILES string of the molecule is CC(Cl)c1nc2ccc(C#N)cc2n1CC1(C2CC2)CC1. The van der Waals surface area contributed by atoms with Gasteiger partial charge in [-0.15, -0.1) is 11.6 Å². The summed E-state index contributed by atoms with van der Waals surface area (Å²) < 4.78 is 2.28. The molecule has 0 spiro atoms. The van der Waals surface area contributed by atoms with Gasteiger partial charge in [0.1, 0.15) is 5.82 Å². The van der Waals surface area contributed by atoms with E-state index in [0.29, 0.717) is 11.0 Å². The van der Waals surface area contributed by atoms with E-state index in [0.717, 1.165) is 29.3 Å². The quantitative estimate of drug-likeness (QED) is 0.785. The minimum Gasteiger partial charge on any atom is -0.326 e. The summed E-state index contributed by atoms with van der Waals surface area (Å²) in [5, 5.41) is 9.03. The van der Waals surface area contributed by atoms with E-state index in [4.69, 9.17) is 21.8 Å². The van der Waals surface area contributed by atoms with Gasteiger partial charge in [-0.25, -0.2) is 4.98 Å². The summed E-state index contributed by atoms with van der Waals surface area (Å²) >= 11 is 6.35. The van der Waals surface area contributed by atoms with Gasteiger partial charge in [-0.05, 0) is 62.1 Å². The molecule has 4 heteroatoms. The van der Waals surface area contributed by atoms with Crippen LogP contribution in [0.4, 0.5) is 0 Å². The lowest BCUT2D eigenvalue weighted by Gasteiger charge is -2.18. The molecule has 1 aromatic heterocycles. The third-order valence-corrected chi connectivity index (χ3v) is 5.27. The molecule has 108 valence electrons. The summed E-state index contributed by atoms with van der Waals surface area (Å²) in [6.45, 7) is 2.98. The Morgan fingerprint density at radius 1 is 1.48 bits per heavy atom. The summed E-state index contributed by atoms with van der Waals surface area (Å²) in [5.74, 6) is 1.83. The van der Waals surface area contributed by atoms with Gasteiger partial charge in [-0.1, -0.05) is 0 Å². The van der Waals surface area contributed by atoms with Crippen LogP contribution in [-0.2, 0) is 6.54 Å². The normalized spacial score (nSPS) is 21.2. The van der Waals surface area contributed by atoms with Gasteiger partial charge in [0.25, 0.3) is 0 Å². The number of halogens is 1. The van der Waals surface area contributed by atoms with Crippen molar-refractivity contribution in [3.63, 3.8) is 0 Å². The third kappa shape index (κ3) is 2.13. The molecule has 0 saturated heterocycles. The number of alkyl halides is 1. The van der Waals surface area contributed by atoms with Crippen LogP contribution in [0.5, 0.6) is 0 Å². The van der Waals surface area contributed by atoms with Crippen molar-refractivity contribution in [3.05, 3.63) is 29.6 Å². The first-order chi connectivity index (χ1) is 10.1. The van der Waals surface area contributed by atoms with Crippen LogP contribution in [0.1, 0.15) is 49.4 Å².